The smallest absolute Gasteiger partial charge is 0.243 e. The minimum Gasteiger partial charge on any atom is -0.392 e. The lowest BCUT2D eigenvalue weighted by Gasteiger charge is -2.39. The molecule has 4 nitrogen and oxygen atoms in total. The maximum absolute atomic E-state index is 13.5. The molecule has 1 aromatic carbocycles. The second-order valence-corrected chi connectivity index (χ2v) is 9.23. The summed E-state index contributed by atoms with van der Waals surface area (Å²) in [6.07, 6.45) is 7.08. The maximum Gasteiger partial charge on any atom is 0.243 e. The average molecular weight is 421 g/mol. The molecular weight excluding hydrogens is 392 g/mol. The Kier molecular flexibility index (Phi) is 5.15. The fourth-order valence-electron chi connectivity index (χ4n) is 5.40. The van der Waals surface area contributed by atoms with Gasteiger partial charge in [-0.25, -0.2) is 0 Å². The van der Waals surface area contributed by atoms with E-state index in [-0.39, 0.29) is 11.9 Å². The monoisotopic (exact) mass is 420 g/mol. The molecule has 142 valence electrons. The van der Waals surface area contributed by atoms with E-state index in [1.165, 1.54) is 24.8 Å². The molecule has 3 aliphatic rings. The largest absolute Gasteiger partial charge is 0.392 e. The van der Waals surface area contributed by atoms with Gasteiger partial charge in [0.1, 0.15) is 5.54 Å². The predicted octanol–water partition coefficient (Wildman–Crippen LogP) is 3.88. The van der Waals surface area contributed by atoms with E-state index in [1.807, 2.05) is 0 Å². The van der Waals surface area contributed by atoms with Crippen molar-refractivity contribution in [2.45, 2.75) is 75.6 Å². The molecule has 1 aromatic rings. The Morgan fingerprint density at radius 3 is 2.58 bits per heavy atom. The molecule has 0 bridgehead atoms. The van der Waals surface area contributed by atoms with Crippen LogP contribution in [0.2, 0.25) is 0 Å². The van der Waals surface area contributed by atoms with Crippen LogP contribution in [0.3, 0.4) is 0 Å². The average Bonchev–Trinajstić information content (AvgIpc) is 3.16. The second-order valence-electron chi connectivity index (χ2n) is 8.31. The lowest BCUT2D eigenvalue weighted by Crippen LogP contribution is -2.52. The van der Waals surface area contributed by atoms with Gasteiger partial charge in [-0.05, 0) is 43.9 Å². The van der Waals surface area contributed by atoms with Crippen molar-refractivity contribution in [3.05, 3.63) is 34.3 Å². The summed E-state index contributed by atoms with van der Waals surface area (Å²) >= 11 is 3.49. The van der Waals surface area contributed by atoms with Crippen LogP contribution in [0.4, 0.5) is 0 Å². The summed E-state index contributed by atoms with van der Waals surface area (Å²) in [4.78, 5) is 18.0. The van der Waals surface area contributed by atoms with Crippen molar-refractivity contribution in [1.29, 1.82) is 0 Å². The first kappa shape index (κ1) is 18.5. The fourth-order valence-corrected chi connectivity index (χ4v) is 5.67. The number of benzene rings is 1. The molecule has 1 saturated carbocycles. The van der Waals surface area contributed by atoms with Gasteiger partial charge in [-0.2, -0.15) is 0 Å². The number of carbonyl (C=O) groups excluding carboxylic acids is 1. The molecule has 1 aliphatic carbocycles. The van der Waals surface area contributed by atoms with Gasteiger partial charge in [0.05, 0.1) is 6.10 Å². The van der Waals surface area contributed by atoms with Crippen LogP contribution in [0.25, 0.3) is 0 Å². The minimum atomic E-state index is -0.511. The highest BCUT2D eigenvalue weighted by Crippen LogP contribution is 2.45. The number of amides is 1. The highest BCUT2D eigenvalue weighted by atomic mass is 79.9. The van der Waals surface area contributed by atoms with E-state index >= 15 is 0 Å². The van der Waals surface area contributed by atoms with Crippen LogP contribution in [0.1, 0.15) is 63.5 Å². The van der Waals surface area contributed by atoms with Crippen molar-refractivity contribution >= 4 is 21.8 Å². The summed E-state index contributed by atoms with van der Waals surface area (Å²) in [5, 5.41) is 10.5. The molecule has 1 N–H and O–H groups in total. The van der Waals surface area contributed by atoms with Crippen molar-refractivity contribution in [2.75, 3.05) is 13.1 Å². The van der Waals surface area contributed by atoms with E-state index in [2.05, 4.69) is 56.9 Å². The Bertz CT molecular complexity index is 658. The number of β-amino-alcohol motifs (C(OH)–C–C–N with tert-alkyl or cyclic N) is 1. The number of hydrogen-bond acceptors (Lipinski definition) is 3. The molecule has 2 aliphatic heterocycles. The summed E-state index contributed by atoms with van der Waals surface area (Å²) in [5.41, 5.74) is 0.689. The highest BCUT2D eigenvalue weighted by Gasteiger charge is 2.57. The van der Waals surface area contributed by atoms with E-state index in [0.717, 1.165) is 30.3 Å². The maximum atomic E-state index is 13.5. The summed E-state index contributed by atoms with van der Waals surface area (Å²) < 4.78 is 1.06. The Labute approximate surface area is 164 Å². The van der Waals surface area contributed by atoms with Crippen molar-refractivity contribution in [3.8, 4) is 0 Å². The molecule has 5 heteroatoms. The zero-order chi connectivity index (χ0) is 18.3. The number of carbonyl (C=O) groups is 1. The van der Waals surface area contributed by atoms with Crippen LogP contribution in [-0.2, 0) is 4.79 Å². The number of aliphatic hydroxyl groups excluding tert-OH is 1. The second kappa shape index (κ2) is 7.25. The van der Waals surface area contributed by atoms with Gasteiger partial charge in [0.25, 0.3) is 0 Å². The molecular formula is C21H29BrN2O2. The molecule has 1 amide bonds. The van der Waals surface area contributed by atoms with Crippen molar-refractivity contribution in [3.63, 3.8) is 0 Å². The number of halogens is 1. The van der Waals surface area contributed by atoms with Gasteiger partial charge in [0, 0.05) is 36.1 Å². The van der Waals surface area contributed by atoms with Gasteiger partial charge in [-0.1, -0.05) is 47.3 Å². The molecule has 2 unspecified atom stereocenters. The lowest BCUT2D eigenvalue weighted by molar-refractivity contribution is -0.140. The molecule has 4 rings (SSSR count). The van der Waals surface area contributed by atoms with E-state index in [1.54, 1.807) is 0 Å². The van der Waals surface area contributed by atoms with Gasteiger partial charge in [0.15, 0.2) is 0 Å². The number of nitrogens with zero attached hydrogens (tertiary/aromatic N) is 2. The molecule has 3 atom stereocenters. The molecule has 0 aromatic heterocycles. The standard InChI is InChI=1S/C21H29BrN2O2/c1-15(16-7-9-17(22)10-8-16)24-14-19(25)13-21(24)11-12-23(20(21)26)18-5-3-2-4-6-18/h7-10,15,18-19,25H,2-6,11-14H2,1H3/t15?,19-,21?/m1/s1. The number of hydrogen-bond donors (Lipinski definition) is 1. The molecule has 1 spiro atoms. The van der Waals surface area contributed by atoms with E-state index in [9.17, 15) is 9.90 Å². The topological polar surface area (TPSA) is 43.8 Å². The van der Waals surface area contributed by atoms with Crippen LogP contribution < -0.4 is 0 Å². The van der Waals surface area contributed by atoms with Crippen LogP contribution in [0.5, 0.6) is 0 Å². The van der Waals surface area contributed by atoms with Crippen LogP contribution >= 0.6 is 15.9 Å². The van der Waals surface area contributed by atoms with Gasteiger partial charge in [-0.3, -0.25) is 9.69 Å². The van der Waals surface area contributed by atoms with Gasteiger partial charge in [0.2, 0.25) is 5.91 Å². The quantitative estimate of drug-likeness (QED) is 0.806. The number of likely N-dealkylation sites (tertiary alicyclic amines) is 2. The Morgan fingerprint density at radius 2 is 1.88 bits per heavy atom. The van der Waals surface area contributed by atoms with Crippen LogP contribution in [0.15, 0.2) is 28.7 Å². The first-order valence-corrected chi connectivity index (χ1v) is 10.8. The summed E-state index contributed by atoms with van der Waals surface area (Å²) in [6.45, 7) is 3.60. The summed E-state index contributed by atoms with van der Waals surface area (Å²) in [6, 6.07) is 8.87. The zero-order valence-corrected chi connectivity index (χ0v) is 17.1. The number of aliphatic hydroxyl groups is 1. The SMILES string of the molecule is CC(c1ccc(Br)cc1)N1C[C@H](O)CC12CCN(C1CCCCC1)C2=O. The van der Waals surface area contributed by atoms with Crippen molar-refractivity contribution in [2.24, 2.45) is 0 Å². The van der Waals surface area contributed by atoms with Gasteiger partial charge < -0.3 is 10.0 Å². The molecule has 0 radical (unpaired) electrons. The fraction of sp³-hybridized carbons (Fsp3) is 0.667. The molecule has 2 heterocycles. The van der Waals surface area contributed by atoms with E-state index in [4.69, 9.17) is 0 Å². The van der Waals surface area contributed by atoms with Crippen LogP contribution in [0, 0.1) is 0 Å². The summed E-state index contributed by atoms with van der Waals surface area (Å²) in [7, 11) is 0. The Morgan fingerprint density at radius 1 is 1.19 bits per heavy atom. The molecule has 3 fully saturated rings. The predicted molar refractivity (Wildman–Crippen MR) is 106 cm³/mol. The first-order valence-electron chi connectivity index (χ1n) is 10.0. The third-order valence-electron chi connectivity index (χ3n) is 6.79. The van der Waals surface area contributed by atoms with Crippen LogP contribution in [-0.4, -0.2) is 51.6 Å². The third kappa shape index (κ3) is 3.12. The summed E-state index contributed by atoms with van der Waals surface area (Å²) in [5.74, 6) is 0.268. The number of rotatable bonds is 3. The Hall–Kier alpha value is -0.910. The minimum absolute atomic E-state index is 0.121. The molecule has 26 heavy (non-hydrogen) atoms. The van der Waals surface area contributed by atoms with E-state index < -0.39 is 11.6 Å². The van der Waals surface area contributed by atoms with Crippen molar-refractivity contribution < 1.29 is 9.90 Å². The lowest BCUT2D eigenvalue weighted by atomic mass is 9.90. The van der Waals surface area contributed by atoms with E-state index in [0.29, 0.717) is 19.0 Å². The van der Waals surface area contributed by atoms with Gasteiger partial charge in [-0.15, -0.1) is 0 Å². The normalized spacial score (nSPS) is 31.9. The third-order valence-corrected chi connectivity index (χ3v) is 7.32. The Balaban J connectivity index is 1.59. The zero-order valence-electron chi connectivity index (χ0n) is 15.5. The van der Waals surface area contributed by atoms with Gasteiger partial charge >= 0.3 is 0 Å². The highest BCUT2D eigenvalue weighted by molar-refractivity contribution is 9.10. The van der Waals surface area contributed by atoms with Crippen molar-refractivity contribution in [1.82, 2.24) is 9.80 Å². The first-order chi connectivity index (χ1) is 12.5. The molecule has 2 saturated heterocycles.